The van der Waals surface area contributed by atoms with Gasteiger partial charge in [-0.2, -0.15) is 0 Å². The zero-order chi connectivity index (χ0) is 25.2. The second-order valence-corrected chi connectivity index (χ2v) is 11.8. The highest BCUT2D eigenvalue weighted by Gasteiger charge is 2.33. The number of carbonyl (C=O) groups is 3. The standard InChI is InChI=1S/C33H40O3/c1-21-8-10-23(11-9-21)19-24-12-14-26(15-13-24)31(34)29-20-30-27(18-22(29)2)16-17-28(30)33(36)32(35)25-6-4-3-5-7-25/h8-10,17-18,20,23-26H,3-7,11-16,19H2,1-2H3. The first-order chi connectivity index (χ1) is 17.4. The molecule has 0 N–H and O–H groups in total. The summed E-state index contributed by atoms with van der Waals surface area (Å²) in [4.78, 5) is 39.8. The number of allylic oxidation sites excluding steroid dienone is 6. The largest absolute Gasteiger partial charge is 0.294 e. The average molecular weight is 485 g/mol. The number of rotatable bonds is 7. The summed E-state index contributed by atoms with van der Waals surface area (Å²) in [6.45, 7) is 4.17. The monoisotopic (exact) mass is 484 g/mol. The third kappa shape index (κ3) is 5.26. The predicted molar refractivity (Wildman–Crippen MR) is 145 cm³/mol. The molecule has 0 amide bonds. The zero-order valence-electron chi connectivity index (χ0n) is 22.0. The molecular weight excluding hydrogens is 444 g/mol. The zero-order valence-corrected chi connectivity index (χ0v) is 22.0. The highest BCUT2D eigenvalue weighted by atomic mass is 16.2. The van der Waals surface area contributed by atoms with Gasteiger partial charge in [0.2, 0.25) is 11.6 Å². The topological polar surface area (TPSA) is 51.2 Å². The van der Waals surface area contributed by atoms with Crippen LogP contribution in [0.4, 0.5) is 0 Å². The van der Waals surface area contributed by atoms with E-state index >= 15 is 0 Å². The normalized spacial score (nSPS) is 26.2. The molecule has 1 aromatic carbocycles. The Bertz CT molecular complexity index is 1130. The highest BCUT2D eigenvalue weighted by Crippen LogP contribution is 2.38. The first kappa shape index (κ1) is 25.1. The van der Waals surface area contributed by atoms with Crippen molar-refractivity contribution < 1.29 is 14.4 Å². The summed E-state index contributed by atoms with van der Waals surface area (Å²) in [5.74, 6) is 0.947. The molecule has 0 spiro atoms. The van der Waals surface area contributed by atoms with E-state index in [-0.39, 0.29) is 29.2 Å². The number of hydrogen-bond donors (Lipinski definition) is 0. The Balaban J connectivity index is 1.24. The summed E-state index contributed by atoms with van der Waals surface area (Å²) in [6, 6.07) is 4.01. The molecule has 2 fully saturated rings. The van der Waals surface area contributed by atoms with E-state index in [9.17, 15) is 14.4 Å². The minimum atomic E-state index is -0.342. The summed E-state index contributed by atoms with van der Waals surface area (Å²) in [5, 5.41) is 0. The summed E-state index contributed by atoms with van der Waals surface area (Å²) in [6.07, 6.45) is 20.9. The van der Waals surface area contributed by atoms with Crippen LogP contribution in [0.25, 0.3) is 5.57 Å². The summed E-state index contributed by atoms with van der Waals surface area (Å²) in [5.41, 5.74) is 5.53. The lowest BCUT2D eigenvalue weighted by Crippen LogP contribution is -2.26. The summed E-state index contributed by atoms with van der Waals surface area (Å²) in [7, 11) is 0. The molecule has 3 nitrogen and oxygen atoms in total. The fourth-order valence-corrected chi connectivity index (χ4v) is 6.93. The number of fused-ring (bicyclic) bond motifs is 1. The molecule has 5 rings (SSSR count). The van der Waals surface area contributed by atoms with Gasteiger partial charge in [-0.15, -0.1) is 0 Å². The van der Waals surface area contributed by atoms with Crippen molar-refractivity contribution in [1.29, 1.82) is 0 Å². The molecule has 0 bridgehead atoms. The van der Waals surface area contributed by atoms with Gasteiger partial charge in [0.25, 0.3) is 0 Å². The van der Waals surface area contributed by atoms with E-state index in [1.165, 1.54) is 12.0 Å². The van der Waals surface area contributed by atoms with Crippen LogP contribution in [0.2, 0.25) is 0 Å². The van der Waals surface area contributed by atoms with Crippen LogP contribution in [0, 0.1) is 30.6 Å². The Labute approximate surface area is 216 Å². The molecule has 4 aliphatic rings. The molecule has 1 unspecified atom stereocenters. The van der Waals surface area contributed by atoms with Crippen molar-refractivity contribution in [3.63, 3.8) is 0 Å². The second kappa shape index (κ2) is 10.8. The van der Waals surface area contributed by atoms with Crippen LogP contribution in [-0.4, -0.2) is 17.3 Å². The van der Waals surface area contributed by atoms with Crippen LogP contribution in [0.15, 0.2) is 42.0 Å². The summed E-state index contributed by atoms with van der Waals surface area (Å²) >= 11 is 0. The molecule has 1 atom stereocenters. The van der Waals surface area contributed by atoms with Crippen molar-refractivity contribution >= 4 is 22.9 Å². The Morgan fingerprint density at radius 1 is 0.861 bits per heavy atom. The third-order valence-electron chi connectivity index (χ3n) is 9.20. The third-order valence-corrected chi connectivity index (χ3v) is 9.20. The molecule has 1 aromatic rings. The molecular formula is C33H40O3. The van der Waals surface area contributed by atoms with E-state index in [1.54, 1.807) is 0 Å². The SMILES string of the molecule is CC1=CCC(CC2CCC(C(=O)c3cc4c(cc3C)CC=C4C(=O)C(=O)C3CCCCC3)CC2)C=C1. The minimum Gasteiger partial charge on any atom is -0.294 e. The first-order valence-corrected chi connectivity index (χ1v) is 14.2. The lowest BCUT2D eigenvalue weighted by atomic mass is 9.74. The highest BCUT2D eigenvalue weighted by molar-refractivity contribution is 6.54. The van der Waals surface area contributed by atoms with Gasteiger partial charge >= 0.3 is 0 Å². The van der Waals surface area contributed by atoms with Gasteiger partial charge in [0.1, 0.15) is 0 Å². The number of ketones is 3. The van der Waals surface area contributed by atoms with Crippen molar-refractivity contribution in [3.05, 3.63) is 64.3 Å². The molecule has 0 radical (unpaired) electrons. The molecule has 36 heavy (non-hydrogen) atoms. The van der Waals surface area contributed by atoms with Gasteiger partial charge in [0, 0.05) is 23.0 Å². The number of aryl methyl sites for hydroxylation is 1. The van der Waals surface area contributed by atoms with Gasteiger partial charge in [0.15, 0.2) is 5.78 Å². The predicted octanol–water partition coefficient (Wildman–Crippen LogP) is 7.55. The van der Waals surface area contributed by atoms with E-state index in [2.05, 4.69) is 31.2 Å². The van der Waals surface area contributed by atoms with Gasteiger partial charge in [-0.05, 0) is 106 Å². The maximum atomic E-state index is 13.6. The van der Waals surface area contributed by atoms with Crippen LogP contribution in [-0.2, 0) is 16.0 Å². The molecule has 4 aliphatic carbocycles. The Morgan fingerprint density at radius 2 is 1.61 bits per heavy atom. The maximum absolute atomic E-state index is 13.6. The minimum absolute atomic E-state index is 0.0652. The number of hydrogen-bond acceptors (Lipinski definition) is 3. The number of carbonyl (C=O) groups excluding carboxylic acids is 3. The van der Waals surface area contributed by atoms with Gasteiger partial charge in [0.05, 0.1) is 0 Å². The van der Waals surface area contributed by atoms with Crippen LogP contribution < -0.4 is 0 Å². The fraction of sp³-hybridized carbons (Fsp3) is 0.545. The number of Topliss-reactive ketones (excluding diaryl/α,β-unsaturated/α-hetero) is 3. The van der Waals surface area contributed by atoms with Gasteiger partial charge in [-0.25, -0.2) is 0 Å². The van der Waals surface area contributed by atoms with Crippen LogP contribution in [0.1, 0.15) is 105 Å². The van der Waals surface area contributed by atoms with Crippen molar-refractivity contribution in [3.8, 4) is 0 Å². The fourth-order valence-electron chi connectivity index (χ4n) is 6.93. The Kier molecular flexibility index (Phi) is 7.55. The van der Waals surface area contributed by atoms with Crippen molar-refractivity contribution in [2.24, 2.45) is 23.7 Å². The van der Waals surface area contributed by atoms with E-state index in [4.69, 9.17) is 0 Å². The maximum Gasteiger partial charge on any atom is 0.229 e. The Hall–Kier alpha value is -2.55. The van der Waals surface area contributed by atoms with Gasteiger partial charge in [-0.1, -0.05) is 55.2 Å². The Morgan fingerprint density at radius 3 is 2.31 bits per heavy atom. The molecule has 2 saturated carbocycles. The van der Waals surface area contributed by atoms with Gasteiger partial charge in [-0.3, -0.25) is 14.4 Å². The number of benzene rings is 1. The van der Waals surface area contributed by atoms with Crippen LogP contribution in [0.5, 0.6) is 0 Å². The van der Waals surface area contributed by atoms with E-state index in [1.807, 2.05) is 19.1 Å². The van der Waals surface area contributed by atoms with Crippen molar-refractivity contribution in [2.45, 2.75) is 90.9 Å². The lowest BCUT2D eigenvalue weighted by molar-refractivity contribution is -0.136. The van der Waals surface area contributed by atoms with Crippen LogP contribution >= 0.6 is 0 Å². The van der Waals surface area contributed by atoms with Crippen molar-refractivity contribution in [2.75, 3.05) is 0 Å². The van der Waals surface area contributed by atoms with Crippen molar-refractivity contribution in [1.82, 2.24) is 0 Å². The smallest absolute Gasteiger partial charge is 0.229 e. The average Bonchev–Trinajstić information content (AvgIpc) is 3.31. The van der Waals surface area contributed by atoms with E-state index < -0.39 is 0 Å². The van der Waals surface area contributed by atoms with Gasteiger partial charge < -0.3 is 0 Å². The summed E-state index contributed by atoms with van der Waals surface area (Å²) < 4.78 is 0. The lowest BCUT2D eigenvalue weighted by Gasteiger charge is -2.30. The van der Waals surface area contributed by atoms with E-state index in [0.29, 0.717) is 23.8 Å². The molecule has 0 aromatic heterocycles. The molecule has 3 heteroatoms. The molecule has 0 aliphatic heterocycles. The molecule has 0 saturated heterocycles. The quantitative estimate of drug-likeness (QED) is 0.296. The van der Waals surface area contributed by atoms with Crippen LogP contribution in [0.3, 0.4) is 0 Å². The van der Waals surface area contributed by atoms with E-state index in [0.717, 1.165) is 86.5 Å². The molecule has 190 valence electrons. The second-order valence-electron chi connectivity index (χ2n) is 11.8. The first-order valence-electron chi connectivity index (χ1n) is 14.2. The molecule has 0 heterocycles.